The summed E-state index contributed by atoms with van der Waals surface area (Å²) in [5.41, 5.74) is -2.15. The molecule has 0 radical (unpaired) electrons. The summed E-state index contributed by atoms with van der Waals surface area (Å²) < 4.78 is 19.4. The van der Waals surface area contributed by atoms with E-state index in [9.17, 15) is 45.6 Å². The fraction of sp³-hybridized carbons (Fsp3) is 0.800. The van der Waals surface area contributed by atoms with Crippen LogP contribution in [0.15, 0.2) is 42.0 Å². The molecule has 4 saturated carbocycles. The van der Waals surface area contributed by atoms with E-state index >= 15 is 0 Å². The number of fused-ring (bicyclic) bond motifs is 7. The zero-order valence-corrected chi connectivity index (χ0v) is 34.4. The predicted molar refractivity (Wildman–Crippen MR) is 209 cm³/mol. The minimum atomic E-state index is -1.52. The van der Waals surface area contributed by atoms with E-state index in [0.717, 1.165) is 24.0 Å². The molecular formula is C45H68O12. The van der Waals surface area contributed by atoms with E-state index in [0.29, 0.717) is 38.5 Å². The number of carbonyl (C=O) groups is 1. The van der Waals surface area contributed by atoms with Gasteiger partial charge >= 0.3 is 5.97 Å². The fourth-order valence-electron chi connectivity index (χ4n) is 14.1. The quantitative estimate of drug-likeness (QED) is 0.119. The van der Waals surface area contributed by atoms with Crippen molar-refractivity contribution in [3.8, 4) is 0 Å². The maximum atomic E-state index is 13.4. The Labute approximate surface area is 337 Å². The Morgan fingerprint density at radius 3 is 2.26 bits per heavy atom. The first-order valence-electron chi connectivity index (χ1n) is 21.3. The number of hydrogen-bond acceptors (Lipinski definition) is 11. The Morgan fingerprint density at radius 1 is 0.895 bits per heavy atom. The molecule has 57 heavy (non-hydrogen) atoms. The lowest BCUT2D eigenvalue weighted by Gasteiger charge is -2.73. The molecule has 12 heteroatoms. The Morgan fingerprint density at radius 2 is 1.61 bits per heavy atom. The van der Waals surface area contributed by atoms with Crippen LogP contribution in [0.5, 0.6) is 0 Å². The zero-order valence-electron chi connectivity index (χ0n) is 34.4. The van der Waals surface area contributed by atoms with Gasteiger partial charge in [0.05, 0.1) is 38.1 Å². The van der Waals surface area contributed by atoms with Gasteiger partial charge in [-0.25, -0.2) is 0 Å². The second-order valence-corrected chi connectivity index (χ2v) is 20.3. The average molecular weight is 801 g/mol. The van der Waals surface area contributed by atoms with E-state index in [2.05, 4.69) is 26.8 Å². The van der Waals surface area contributed by atoms with Crippen molar-refractivity contribution in [1.29, 1.82) is 0 Å². The second kappa shape index (κ2) is 15.5. The Kier molecular flexibility index (Phi) is 11.7. The highest BCUT2D eigenvalue weighted by Crippen LogP contribution is 2.77. The number of hydrogen-bond donors (Lipinski definition) is 8. The van der Waals surface area contributed by atoms with Gasteiger partial charge in [0, 0.05) is 18.6 Å². The summed E-state index contributed by atoms with van der Waals surface area (Å²) in [7, 11) is 0. The van der Waals surface area contributed by atoms with Crippen LogP contribution in [0.1, 0.15) is 98.0 Å². The molecule has 0 spiro atoms. The van der Waals surface area contributed by atoms with Gasteiger partial charge in [-0.1, -0.05) is 76.6 Å². The van der Waals surface area contributed by atoms with Gasteiger partial charge in [-0.2, -0.15) is 0 Å². The first-order chi connectivity index (χ1) is 26.9. The van der Waals surface area contributed by atoms with E-state index in [1.165, 1.54) is 0 Å². The number of aliphatic hydroxyl groups is 7. The number of rotatable bonds is 11. The standard InChI is InChI=1S/C45H68O12/c1-40(24-47)19-29-28-18-27(12-9-17-46)36-41(2)20-31(55-22-26-10-7-6-8-11-26)37(57-38-35(52)34(51)30(49)23-56-38)42(3,25-48)32(41)13-14-44(36,5)43(28,4)15-16-45(29,39(53)54)33(50)21-40/h6-8,10-11,18,27,29-38,46-52H,9,12-17,19-25H2,1-5H3,(H,53,54)/t27-,29+,30-,31-,32-,33-,34+,35-,36-,37-,38-,40-,41+,42+,43-,44-,45-/m1/s1. The smallest absolute Gasteiger partial charge is 0.312 e. The Hall–Kier alpha value is -1.97. The summed E-state index contributed by atoms with van der Waals surface area (Å²) in [4.78, 5) is 13.4. The first-order valence-corrected chi connectivity index (χ1v) is 21.3. The third-order valence-corrected chi connectivity index (χ3v) is 17.2. The van der Waals surface area contributed by atoms with Crippen molar-refractivity contribution < 1.29 is 59.9 Å². The van der Waals surface area contributed by atoms with Gasteiger partial charge < -0.3 is 55.1 Å². The highest BCUT2D eigenvalue weighted by molar-refractivity contribution is 5.77. The largest absolute Gasteiger partial charge is 0.481 e. The summed E-state index contributed by atoms with van der Waals surface area (Å²) >= 11 is 0. The second-order valence-electron chi connectivity index (χ2n) is 20.3. The Balaban J connectivity index is 1.35. The molecule has 1 heterocycles. The number of aliphatic carboxylic acids is 1. The zero-order chi connectivity index (χ0) is 41.3. The summed E-state index contributed by atoms with van der Waals surface area (Å²) in [6.07, 6.45) is -0.811. The van der Waals surface area contributed by atoms with E-state index < -0.39 is 81.9 Å². The van der Waals surface area contributed by atoms with Gasteiger partial charge in [0.15, 0.2) is 6.29 Å². The highest BCUT2D eigenvalue weighted by atomic mass is 16.7. The van der Waals surface area contributed by atoms with Crippen LogP contribution in [0.2, 0.25) is 0 Å². The van der Waals surface area contributed by atoms with Crippen LogP contribution in [0, 0.1) is 56.2 Å². The minimum absolute atomic E-state index is 0.00164. The lowest BCUT2D eigenvalue weighted by atomic mass is 9.31. The maximum Gasteiger partial charge on any atom is 0.312 e. The summed E-state index contributed by atoms with van der Waals surface area (Å²) in [6, 6.07) is 9.81. The molecule has 0 unspecified atom stereocenters. The van der Waals surface area contributed by atoms with Crippen LogP contribution >= 0.6 is 0 Å². The molecule has 5 fully saturated rings. The molecule has 320 valence electrons. The molecule has 0 aromatic heterocycles. The van der Waals surface area contributed by atoms with Gasteiger partial charge in [-0.3, -0.25) is 4.79 Å². The predicted octanol–water partition coefficient (Wildman–Crippen LogP) is 3.81. The van der Waals surface area contributed by atoms with Crippen LogP contribution in [0.3, 0.4) is 0 Å². The molecule has 1 saturated heterocycles. The van der Waals surface area contributed by atoms with Crippen molar-refractivity contribution in [2.75, 3.05) is 26.4 Å². The van der Waals surface area contributed by atoms with E-state index in [-0.39, 0.29) is 62.6 Å². The number of allylic oxidation sites excluding steroid dienone is 2. The topological polar surface area (TPSA) is 207 Å². The molecular weight excluding hydrogens is 732 g/mol. The van der Waals surface area contributed by atoms with Crippen molar-refractivity contribution >= 4 is 5.97 Å². The molecule has 1 aromatic carbocycles. The lowest BCUT2D eigenvalue weighted by Crippen LogP contribution is -2.71. The molecule has 8 N–H and O–H groups in total. The van der Waals surface area contributed by atoms with Gasteiger partial charge in [-0.15, -0.1) is 0 Å². The van der Waals surface area contributed by atoms with Crippen molar-refractivity contribution in [1.82, 2.24) is 0 Å². The molecule has 0 bridgehead atoms. The summed E-state index contributed by atoms with van der Waals surface area (Å²) in [5, 5.41) is 87.1. The van der Waals surface area contributed by atoms with E-state index in [1.807, 2.05) is 44.2 Å². The SMILES string of the molecule is C[C@]1(CO)C[C@@H](O)[C@@]2(C(=O)O)CC[C@]3(C)C(=C[C@@H](CCCO)[C@@H]4[C@@]5(C)C[C@@H](OCc6ccccc6)[C@@H](O[C@H]6OC[C@@H](O)[C@H](O)[C@H]6O)[C@@](C)(CO)[C@@H]5CC[C@]43C)[C@@H]2C1. The minimum Gasteiger partial charge on any atom is -0.481 e. The van der Waals surface area contributed by atoms with Crippen LogP contribution in [0.4, 0.5) is 0 Å². The van der Waals surface area contributed by atoms with Gasteiger partial charge in [0.25, 0.3) is 0 Å². The first kappa shape index (κ1) is 43.1. The summed E-state index contributed by atoms with van der Waals surface area (Å²) in [6.45, 7) is 10.6. The molecule has 12 nitrogen and oxygen atoms in total. The fourth-order valence-corrected chi connectivity index (χ4v) is 14.1. The number of benzene rings is 1. The molecule has 0 amide bonds. The van der Waals surface area contributed by atoms with Gasteiger partial charge in [0.1, 0.15) is 23.7 Å². The van der Waals surface area contributed by atoms with E-state index in [1.54, 1.807) is 0 Å². The summed E-state index contributed by atoms with van der Waals surface area (Å²) in [5.74, 6) is -1.61. The van der Waals surface area contributed by atoms with Gasteiger partial charge in [-0.05, 0) is 109 Å². The molecule has 17 atom stereocenters. The average Bonchev–Trinajstić information content (AvgIpc) is 3.18. The number of carboxylic acid groups (broad SMARTS) is 1. The van der Waals surface area contributed by atoms with Crippen LogP contribution < -0.4 is 0 Å². The number of aliphatic hydroxyl groups excluding tert-OH is 7. The van der Waals surface area contributed by atoms with Crippen LogP contribution in [-0.4, -0.2) is 116 Å². The number of ether oxygens (including phenoxy) is 3. The number of carboxylic acids is 1. The third-order valence-electron chi connectivity index (χ3n) is 17.2. The van der Waals surface area contributed by atoms with E-state index in [4.69, 9.17) is 14.2 Å². The molecule has 1 aromatic rings. The van der Waals surface area contributed by atoms with Gasteiger partial charge in [0.2, 0.25) is 0 Å². The van der Waals surface area contributed by atoms with Crippen LogP contribution in [-0.2, 0) is 25.6 Å². The molecule has 5 aliphatic carbocycles. The normalized spacial score (nSPS) is 49.5. The highest BCUT2D eigenvalue weighted by Gasteiger charge is 2.73. The van der Waals surface area contributed by atoms with Crippen molar-refractivity contribution in [2.24, 2.45) is 56.2 Å². The maximum absolute atomic E-state index is 13.4. The molecule has 6 aliphatic rings. The van der Waals surface area contributed by atoms with Crippen LogP contribution in [0.25, 0.3) is 0 Å². The molecule has 1 aliphatic heterocycles. The third kappa shape index (κ3) is 6.59. The lowest BCUT2D eigenvalue weighted by molar-refractivity contribution is -0.334. The van der Waals surface area contributed by atoms with Crippen molar-refractivity contribution in [3.05, 3.63) is 47.5 Å². The monoisotopic (exact) mass is 800 g/mol. The molecule has 7 rings (SSSR count). The van der Waals surface area contributed by atoms with Crippen molar-refractivity contribution in [3.63, 3.8) is 0 Å². The Bertz CT molecular complexity index is 1640. The van der Waals surface area contributed by atoms with Crippen molar-refractivity contribution in [2.45, 2.75) is 142 Å².